The Morgan fingerprint density at radius 1 is 1.14 bits per heavy atom. The van der Waals surface area contributed by atoms with Crippen molar-refractivity contribution >= 4 is 12.1 Å². The van der Waals surface area contributed by atoms with Gasteiger partial charge in [-0.1, -0.05) is 18.1 Å². The highest BCUT2D eigenvalue weighted by atomic mass is 19.1. The van der Waals surface area contributed by atoms with Gasteiger partial charge in [-0.05, 0) is 62.7 Å². The maximum atomic E-state index is 15.1. The van der Waals surface area contributed by atoms with E-state index in [0.29, 0.717) is 49.1 Å². The largest absolute Gasteiger partial charge is 0.300 e. The number of allylic oxidation sites excluding steroid dienone is 2. The number of halogens is 1. The molecule has 2 fully saturated rings. The van der Waals surface area contributed by atoms with Crippen molar-refractivity contribution in [1.29, 1.82) is 0 Å². The first-order valence-electron chi connectivity index (χ1n) is 8.86. The molecule has 0 aromatic carbocycles. The summed E-state index contributed by atoms with van der Waals surface area (Å²) in [4.78, 5) is 23.1. The van der Waals surface area contributed by atoms with Crippen molar-refractivity contribution < 1.29 is 14.0 Å². The molecule has 0 aliphatic heterocycles. The normalized spacial score (nSPS) is 47.7. The number of fused-ring (bicyclic) bond motifs is 4. The topological polar surface area (TPSA) is 34.1 Å². The molecule has 0 aromatic rings. The zero-order valence-corrected chi connectivity index (χ0v) is 13.4. The standard InChI is InChI=1S/C19H25FO2/c1-18-8-6-15-14-5-3-13(22)10-12(14)2-4-16(15)17(18)7-9-19(18,20)11-21/h11,15-17H,2-10H2,1H3/t15?,16?,17?,18-,19-/m0/s1. The number of ketones is 1. The monoisotopic (exact) mass is 304 g/mol. The Morgan fingerprint density at radius 2 is 1.95 bits per heavy atom. The van der Waals surface area contributed by atoms with Crippen LogP contribution in [-0.2, 0) is 9.59 Å². The van der Waals surface area contributed by atoms with E-state index in [2.05, 4.69) is 0 Å². The number of hydrogen-bond donors (Lipinski definition) is 0. The van der Waals surface area contributed by atoms with Gasteiger partial charge in [-0.25, -0.2) is 4.39 Å². The molecule has 0 aromatic heterocycles. The van der Waals surface area contributed by atoms with Gasteiger partial charge in [-0.3, -0.25) is 9.59 Å². The van der Waals surface area contributed by atoms with Crippen molar-refractivity contribution in [3.63, 3.8) is 0 Å². The molecule has 0 N–H and O–H groups in total. The Balaban J connectivity index is 1.67. The van der Waals surface area contributed by atoms with Gasteiger partial charge >= 0.3 is 0 Å². The Hall–Kier alpha value is -0.990. The average Bonchev–Trinajstić information content (AvgIpc) is 2.79. The molecule has 2 saturated carbocycles. The molecular formula is C19H25FO2. The molecule has 3 heteroatoms. The summed E-state index contributed by atoms with van der Waals surface area (Å²) >= 11 is 0. The minimum Gasteiger partial charge on any atom is -0.300 e. The second-order valence-corrected chi connectivity index (χ2v) is 8.23. The molecule has 0 heterocycles. The van der Waals surface area contributed by atoms with E-state index >= 15 is 4.39 Å². The Kier molecular flexibility index (Phi) is 3.15. The van der Waals surface area contributed by atoms with Gasteiger partial charge in [-0.15, -0.1) is 0 Å². The van der Waals surface area contributed by atoms with Gasteiger partial charge in [0.1, 0.15) is 5.78 Å². The molecule has 0 amide bonds. The van der Waals surface area contributed by atoms with E-state index in [0.717, 1.165) is 38.5 Å². The lowest BCUT2D eigenvalue weighted by atomic mass is 9.53. The molecule has 0 radical (unpaired) electrons. The molecule has 5 atom stereocenters. The maximum Gasteiger partial charge on any atom is 0.171 e. The van der Waals surface area contributed by atoms with E-state index < -0.39 is 11.1 Å². The molecule has 3 unspecified atom stereocenters. The highest BCUT2D eigenvalue weighted by molar-refractivity contribution is 5.82. The summed E-state index contributed by atoms with van der Waals surface area (Å²) in [5.41, 5.74) is 0.875. The van der Waals surface area contributed by atoms with E-state index in [4.69, 9.17) is 0 Å². The van der Waals surface area contributed by atoms with Crippen molar-refractivity contribution in [2.45, 2.75) is 70.4 Å². The Morgan fingerprint density at radius 3 is 2.73 bits per heavy atom. The molecule has 22 heavy (non-hydrogen) atoms. The second-order valence-electron chi connectivity index (χ2n) is 8.23. The summed E-state index contributed by atoms with van der Waals surface area (Å²) in [6.07, 6.45) is 8.10. The van der Waals surface area contributed by atoms with Gasteiger partial charge in [0.15, 0.2) is 12.0 Å². The summed E-state index contributed by atoms with van der Waals surface area (Å²) in [5.74, 6) is 1.82. The van der Waals surface area contributed by atoms with Gasteiger partial charge in [0, 0.05) is 18.3 Å². The van der Waals surface area contributed by atoms with Gasteiger partial charge in [-0.2, -0.15) is 0 Å². The fourth-order valence-corrected chi connectivity index (χ4v) is 6.26. The fourth-order valence-electron chi connectivity index (χ4n) is 6.26. The SMILES string of the molecule is C[C@]12CCC3C4=C(CCC3C1CC[C@]2(F)C=O)CC(=O)CC4. The molecule has 4 rings (SSSR count). The van der Waals surface area contributed by atoms with Crippen LogP contribution < -0.4 is 0 Å². The first-order valence-corrected chi connectivity index (χ1v) is 8.86. The summed E-state index contributed by atoms with van der Waals surface area (Å²) in [7, 11) is 0. The number of aldehydes is 1. The Labute approximate surface area is 131 Å². The molecule has 0 spiro atoms. The fraction of sp³-hybridized carbons (Fsp3) is 0.789. The quantitative estimate of drug-likeness (QED) is 0.538. The number of hydrogen-bond acceptors (Lipinski definition) is 2. The number of carbonyl (C=O) groups is 2. The van der Waals surface area contributed by atoms with Gasteiger partial charge < -0.3 is 0 Å². The lowest BCUT2D eigenvalue weighted by molar-refractivity contribution is -0.130. The predicted octanol–water partition coefficient (Wildman–Crippen LogP) is 4.18. The number of rotatable bonds is 1. The molecule has 120 valence electrons. The van der Waals surface area contributed by atoms with Crippen molar-refractivity contribution in [3.05, 3.63) is 11.1 Å². The van der Waals surface area contributed by atoms with Crippen LogP contribution in [0.15, 0.2) is 11.1 Å². The van der Waals surface area contributed by atoms with Gasteiger partial charge in [0.25, 0.3) is 0 Å². The third kappa shape index (κ3) is 1.77. The zero-order chi connectivity index (χ0) is 15.5. The highest BCUT2D eigenvalue weighted by Gasteiger charge is 2.63. The number of alkyl halides is 1. The third-order valence-corrected chi connectivity index (χ3v) is 7.55. The van der Waals surface area contributed by atoms with E-state index in [-0.39, 0.29) is 0 Å². The van der Waals surface area contributed by atoms with Crippen LogP contribution in [0.1, 0.15) is 64.7 Å². The third-order valence-electron chi connectivity index (χ3n) is 7.55. The van der Waals surface area contributed by atoms with Gasteiger partial charge in [0.05, 0.1) is 0 Å². The van der Waals surface area contributed by atoms with E-state index in [1.807, 2.05) is 6.92 Å². The number of carbonyl (C=O) groups excluding carboxylic acids is 2. The highest BCUT2D eigenvalue weighted by Crippen LogP contribution is 2.64. The van der Waals surface area contributed by atoms with Crippen LogP contribution in [0.2, 0.25) is 0 Å². The average molecular weight is 304 g/mol. The summed E-state index contributed by atoms with van der Waals surface area (Å²) in [6, 6.07) is 0. The minimum atomic E-state index is -1.61. The van der Waals surface area contributed by atoms with Gasteiger partial charge in [0.2, 0.25) is 0 Å². The summed E-state index contributed by atoms with van der Waals surface area (Å²) in [6.45, 7) is 2.02. The molecule has 0 saturated heterocycles. The predicted molar refractivity (Wildman–Crippen MR) is 82.1 cm³/mol. The molecule has 4 aliphatic rings. The first-order chi connectivity index (χ1) is 10.5. The Bertz CT molecular complexity index is 566. The molecule has 0 bridgehead atoms. The zero-order valence-electron chi connectivity index (χ0n) is 13.4. The van der Waals surface area contributed by atoms with Crippen molar-refractivity contribution in [1.82, 2.24) is 0 Å². The smallest absolute Gasteiger partial charge is 0.171 e. The molecule has 2 nitrogen and oxygen atoms in total. The van der Waals surface area contributed by atoms with Crippen LogP contribution >= 0.6 is 0 Å². The maximum absolute atomic E-state index is 15.1. The first kappa shape index (κ1) is 14.6. The van der Waals surface area contributed by atoms with E-state index in [1.54, 1.807) is 5.57 Å². The van der Waals surface area contributed by atoms with E-state index in [9.17, 15) is 9.59 Å². The molecule has 4 aliphatic carbocycles. The lowest BCUT2D eigenvalue weighted by Gasteiger charge is -2.52. The lowest BCUT2D eigenvalue weighted by Crippen LogP contribution is -2.50. The summed E-state index contributed by atoms with van der Waals surface area (Å²) in [5, 5.41) is 0. The van der Waals surface area contributed by atoms with Crippen molar-refractivity contribution in [2.24, 2.45) is 23.2 Å². The second kappa shape index (κ2) is 4.75. The van der Waals surface area contributed by atoms with Crippen molar-refractivity contribution in [2.75, 3.05) is 0 Å². The van der Waals surface area contributed by atoms with E-state index in [1.165, 1.54) is 5.57 Å². The summed E-state index contributed by atoms with van der Waals surface area (Å²) < 4.78 is 15.1. The van der Waals surface area contributed by atoms with Crippen LogP contribution in [0, 0.1) is 23.2 Å². The van der Waals surface area contributed by atoms with Crippen molar-refractivity contribution in [3.8, 4) is 0 Å². The van der Waals surface area contributed by atoms with Crippen LogP contribution in [0.3, 0.4) is 0 Å². The van der Waals surface area contributed by atoms with Crippen LogP contribution in [0.4, 0.5) is 4.39 Å². The van der Waals surface area contributed by atoms with Crippen LogP contribution in [0.5, 0.6) is 0 Å². The van der Waals surface area contributed by atoms with Crippen LogP contribution in [0.25, 0.3) is 0 Å². The molecular weight excluding hydrogens is 279 g/mol. The minimum absolute atomic E-state index is 0.341. The van der Waals surface area contributed by atoms with Crippen LogP contribution in [-0.4, -0.2) is 17.7 Å². The number of Topliss-reactive ketones (excluding diaryl/α,β-unsaturated/α-hetero) is 1.